The van der Waals surface area contributed by atoms with E-state index in [1.165, 1.54) is 0 Å². The molecule has 0 bridgehead atoms. The van der Waals surface area contributed by atoms with Crippen LogP contribution in [0.4, 0.5) is 0 Å². The van der Waals surface area contributed by atoms with Gasteiger partial charge in [0.2, 0.25) is 0 Å². The molecular weight excluding hydrogens is 260 g/mol. The lowest BCUT2D eigenvalue weighted by Crippen LogP contribution is -2.59. The summed E-state index contributed by atoms with van der Waals surface area (Å²) >= 11 is 4.04. The Labute approximate surface area is 111 Å². The molecule has 4 N–H and O–H groups in total. The molecule has 3 unspecified atom stereocenters. The molecule has 0 aromatic carbocycles. The number of aliphatic hydroxyl groups excluding tert-OH is 4. The third kappa shape index (κ3) is 4.20. The molecule has 1 heterocycles. The van der Waals surface area contributed by atoms with Crippen LogP contribution < -0.4 is 0 Å². The van der Waals surface area contributed by atoms with Crippen molar-refractivity contribution < 1.29 is 29.9 Å². The van der Waals surface area contributed by atoms with Gasteiger partial charge in [-0.05, 0) is 12.2 Å². The van der Waals surface area contributed by atoms with Crippen LogP contribution >= 0.6 is 12.6 Å². The molecule has 1 aliphatic rings. The van der Waals surface area contributed by atoms with Crippen molar-refractivity contribution in [2.75, 3.05) is 19.0 Å². The lowest BCUT2D eigenvalue weighted by atomic mass is 9.99. The summed E-state index contributed by atoms with van der Waals surface area (Å²) in [6.45, 7) is -0.253. The van der Waals surface area contributed by atoms with E-state index >= 15 is 0 Å². The van der Waals surface area contributed by atoms with Crippen molar-refractivity contribution in [3.63, 3.8) is 0 Å². The highest BCUT2D eigenvalue weighted by atomic mass is 32.1. The largest absolute Gasteiger partial charge is 0.394 e. The second-order valence-corrected chi connectivity index (χ2v) is 4.46. The van der Waals surface area contributed by atoms with Gasteiger partial charge in [-0.25, -0.2) is 0 Å². The first-order chi connectivity index (χ1) is 8.61. The van der Waals surface area contributed by atoms with Crippen molar-refractivity contribution >= 4 is 12.6 Å². The highest BCUT2D eigenvalue weighted by molar-refractivity contribution is 7.80. The van der Waals surface area contributed by atoms with Gasteiger partial charge in [0.1, 0.15) is 24.4 Å². The summed E-state index contributed by atoms with van der Waals surface area (Å²) in [7, 11) is 0. The molecule has 5 atom stereocenters. The van der Waals surface area contributed by atoms with Gasteiger partial charge in [0.15, 0.2) is 6.29 Å². The normalized spacial score (nSPS) is 37.3. The van der Waals surface area contributed by atoms with Crippen LogP contribution in [0.15, 0.2) is 12.2 Å². The molecule has 18 heavy (non-hydrogen) atoms. The Morgan fingerprint density at radius 1 is 1.11 bits per heavy atom. The van der Waals surface area contributed by atoms with Gasteiger partial charge in [0.25, 0.3) is 0 Å². The maximum Gasteiger partial charge on any atom is 0.187 e. The minimum Gasteiger partial charge on any atom is -0.394 e. The van der Waals surface area contributed by atoms with Crippen molar-refractivity contribution in [1.29, 1.82) is 0 Å². The molecule has 1 saturated heterocycles. The fourth-order valence-corrected chi connectivity index (χ4v) is 1.77. The second-order valence-electron chi connectivity index (χ2n) is 4.01. The van der Waals surface area contributed by atoms with Crippen molar-refractivity contribution in [3.05, 3.63) is 12.2 Å². The maximum absolute atomic E-state index is 9.65. The standard InChI is InChI=1S/C11H20O6S/c12-6-7-8(13)9(14)10(15)11(17-7)16-4-2-1-3-5-18/h1-2,7-15,18H,3-6H2/b2-1+/t7?,8-,9?,10?,11-/m0/s1. The molecule has 1 rings (SSSR count). The Morgan fingerprint density at radius 3 is 2.44 bits per heavy atom. The van der Waals surface area contributed by atoms with E-state index in [-0.39, 0.29) is 6.61 Å². The van der Waals surface area contributed by atoms with E-state index in [2.05, 4.69) is 12.6 Å². The smallest absolute Gasteiger partial charge is 0.187 e. The van der Waals surface area contributed by atoms with E-state index in [0.717, 1.165) is 12.2 Å². The minimum absolute atomic E-state index is 0.205. The van der Waals surface area contributed by atoms with Crippen LogP contribution in [0.25, 0.3) is 0 Å². The lowest BCUT2D eigenvalue weighted by Gasteiger charge is -2.39. The molecule has 0 aliphatic carbocycles. The van der Waals surface area contributed by atoms with Crippen LogP contribution in [-0.2, 0) is 9.47 Å². The summed E-state index contributed by atoms with van der Waals surface area (Å²) < 4.78 is 10.4. The van der Waals surface area contributed by atoms with Crippen molar-refractivity contribution in [2.24, 2.45) is 0 Å². The second kappa shape index (κ2) is 8.11. The number of allylic oxidation sites excluding steroid dienone is 1. The quantitative estimate of drug-likeness (QED) is 0.306. The van der Waals surface area contributed by atoms with Gasteiger partial charge in [-0.3, -0.25) is 0 Å². The summed E-state index contributed by atoms with van der Waals surface area (Å²) in [5.74, 6) is 0.733. The first-order valence-electron chi connectivity index (χ1n) is 5.79. The van der Waals surface area contributed by atoms with Crippen LogP contribution in [0.2, 0.25) is 0 Å². The SMILES string of the molecule is OCC1O[C@H](OC/C=C/CCS)C(O)C(O)[C@H]1O. The third-order valence-electron chi connectivity index (χ3n) is 2.67. The molecule has 0 saturated carbocycles. The van der Waals surface area contributed by atoms with Gasteiger partial charge < -0.3 is 29.9 Å². The first kappa shape index (κ1) is 15.9. The monoisotopic (exact) mass is 280 g/mol. The molecule has 0 aromatic heterocycles. The molecule has 6 nitrogen and oxygen atoms in total. The van der Waals surface area contributed by atoms with Gasteiger partial charge in [-0.1, -0.05) is 12.2 Å². The Kier molecular flexibility index (Phi) is 7.16. The Morgan fingerprint density at radius 2 is 1.83 bits per heavy atom. The molecule has 106 valence electrons. The zero-order valence-corrected chi connectivity index (χ0v) is 10.8. The topological polar surface area (TPSA) is 99.4 Å². The van der Waals surface area contributed by atoms with E-state index in [9.17, 15) is 15.3 Å². The van der Waals surface area contributed by atoms with Crippen LogP contribution in [-0.4, -0.2) is 70.1 Å². The fraction of sp³-hybridized carbons (Fsp3) is 0.818. The lowest BCUT2D eigenvalue weighted by molar-refractivity contribution is -0.298. The van der Waals surface area contributed by atoms with Gasteiger partial charge in [0.05, 0.1) is 13.2 Å². The average molecular weight is 280 g/mol. The van der Waals surface area contributed by atoms with E-state index < -0.39 is 37.3 Å². The van der Waals surface area contributed by atoms with Gasteiger partial charge >= 0.3 is 0 Å². The molecule has 1 aliphatic heterocycles. The molecule has 1 fully saturated rings. The van der Waals surface area contributed by atoms with Crippen molar-refractivity contribution in [1.82, 2.24) is 0 Å². The van der Waals surface area contributed by atoms with Gasteiger partial charge in [-0.15, -0.1) is 0 Å². The summed E-state index contributed by atoms with van der Waals surface area (Å²) in [5, 5.41) is 37.7. The summed E-state index contributed by atoms with van der Waals surface area (Å²) in [5.41, 5.74) is 0. The van der Waals surface area contributed by atoms with Crippen molar-refractivity contribution in [3.8, 4) is 0 Å². The Bertz CT molecular complexity index is 260. The van der Waals surface area contributed by atoms with Gasteiger partial charge in [-0.2, -0.15) is 12.6 Å². The zero-order valence-electron chi connectivity index (χ0n) is 9.92. The highest BCUT2D eigenvalue weighted by Gasteiger charge is 2.43. The summed E-state index contributed by atoms with van der Waals surface area (Å²) in [6, 6.07) is 0. The van der Waals surface area contributed by atoms with Crippen LogP contribution in [0.5, 0.6) is 0 Å². The van der Waals surface area contributed by atoms with E-state index in [4.69, 9.17) is 14.6 Å². The fourth-order valence-electron chi connectivity index (χ4n) is 1.62. The third-order valence-corrected chi connectivity index (χ3v) is 2.93. The first-order valence-corrected chi connectivity index (χ1v) is 6.43. The van der Waals surface area contributed by atoms with E-state index in [1.807, 2.05) is 6.08 Å². The minimum atomic E-state index is -1.40. The molecule has 0 aromatic rings. The Hall–Kier alpha value is -0.150. The van der Waals surface area contributed by atoms with Crippen LogP contribution in [0, 0.1) is 0 Å². The van der Waals surface area contributed by atoms with Crippen molar-refractivity contribution in [2.45, 2.75) is 37.1 Å². The number of aliphatic hydroxyl groups is 4. The number of rotatable bonds is 6. The van der Waals surface area contributed by atoms with Crippen LogP contribution in [0.1, 0.15) is 6.42 Å². The summed E-state index contributed by atoms with van der Waals surface area (Å²) in [4.78, 5) is 0. The Balaban J connectivity index is 2.44. The summed E-state index contributed by atoms with van der Waals surface area (Å²) in [6.07, 6.45) is -1.68. The van der Waals surface area contributed by atoms with Gasteiger partial charge in [0, 0.05) is 0 Å². The molecule has 0 amide bonds. The van der Waals surface area contributed by atoms with E-state index in [1.54, 1.807) is 6.08 Å². The number of hydrogen-bond acceptors (Lipinski definition) is 7. The molecular formula is C11H20O6S. The molecule has 0 spiro atoms. The highest BCUT2D eigenvalue weighted by Crippen LogP contribution is 2.21. The van der Waals surface area contributed by atoms with E-state index in [0.29, 0.717) is 0 Å². The van der Waals surface area contributed by atoms with Crippen LogP contribution in [0.3, 0.4) is 0 Å². The number of thiol groups is 1. The molecule has 0 radical (unpaired) electrons. The number of ether oxygens (including phenoxy) is 2. The maximum atomic E-state index is 9.65. The predicted octanol–water partition coefficient (Wildman–Crippen LogP) is -1.32. The molecule has 7 heteroatoms. The average Bonchev–Trinajstić information content (AvgIpc) is 2.38. The predicted molar refractivity (Wildman–Crippen MR) is 67.3 cm³/mol. The number of hydrogen-bond donors (Lipinski definition) is 5. The zero-order chi connectivity index (χ0) is 13.5.